The Morgan fingerprint density at radius 3 is 2.33 bits per heavy atom. The second-order valence-corrected chi connectivity index (χ2v) is 8.31. The summed E-state index contributed by atoms with van der Waals surface area (Å²) in [5.41, 5.74) is 0.453. The van der Waals surface area contributed by atoms with Crippen molar-refractivity contribution < 1.29 is 9.53 Å². The minimum absolute atomic E-state index is 0.0564. The van der Waals surface area contributed by atoms with Crippen LogP contribution in [0.15, 0.2) is 0 Å². The molecule has 2 unspecified atom stereocenters. The summed E-state index contributed by atoms with van der Waals surface area (Å²) in [5.74, 6) is 0.769. The smallest absolute Gasteiger partial charge is 0.310 e. The van der Waals surface area contributed by atoms with Crippen LogP contribution in [0.5, 0.6) is 0 Å². The Bertz CT molecular complexity index is 363. The van der Waals surface area contributed by atoms with Crippen LogP contribution in [0, 0.1) is 11.8 Å². The fraction of sp³-hybridized carbons (Fsp3) is 0.941. The Hall–Kier alpha value is -0.610. The zero-order chi connectivity index (χ0) is 15.7. The second-order valence-electron chi connectivity index (χ2n) is 8.31. The molecule has 2 fully saturated rings. The lowest BCUT2D eigenvalue weighted by molar-refractivity contribution is -0.144. The first-order valence-corrected chi connectivity index (χ1v) is 8.31. The molecule has 2 aliphatic rings. The van der Waals surface area contributed by atoms with E-state index in [0.717, 1.165) is 18.9 Å². The number of nitrogens with one attached hydrogen (secondary N) is 2. The van der Waals surface area contributed by atoms with E-state index in [-0.39, 0.29) is 23.0 Å². The van der Waals surface area contributed by atoms with Crippen LogP contribution in [-0.2, 0) is 9.53 Å². The third-order valence-corrected chi connectivity index (χ3v) is 4.95. The summed E-state index contributed by atoms with van der Waals surface area (Å²) >= 11 is 0. The van der Waals surface area contributed by atoms with Crippen LogP contribution in [0.25, 0.3) is 0 Å². The molecular formula is C17H32N2O2. The summed E-state index contributed by atoms with van der Waals surface area (Å²) in [7, 11) is 1.48. The SMILES string of the molecule is COC(=O)C1CNC(CCC2CC(C)(C)NC(C)(C)C2)C1. The minimum Gasteiger partial charge on any atom is -0.469 e. The zero-order valence-electron chi connectivity index (χ0n) is 14.3. The van der Waals surface area contributed by atoms with Crippen molar-refractivity contribution in [2.24, 2.45) is 11.8 Å². The van der Waals surface area contributed by atoms with Crippen LogP contribution in [0.1, 0.15) is 59.8 Å². The van der Waals surface area contributed by atoms with Crippen molar-refractivity contribution in [1.29, 1.82) is 0 Å². The van der Waals surface area contributed by atoms with Crippen molar-refractivity contribution in [2.75, 3.05) is 13.7 Å². The lowest BCUT2D eigenvalue weighted by Gasteiger charge is -2.46. The van der Waals surface area contributed by atoms with Gasteiger partial charge < -0.3 is 15.4 Å². The first-order valence-electron chi connectivity index (χ1n) is 8.31. The van der Waals surface area contributed by atoms with Gasteiger partial charge in [-0.3, -0.25) is 4.79 Å². The molecule has 0 radical (unpaired) electrons. The van der Waals surface area contributed by atoms with Gasteiger partial charge in [0.1, 0.15) is 0 Å². The highest BCUT2D eigenvalue weighted by atomic mass is 16.5. The first kappa shape index (κ1) is 16.8. The second kappa shape index (κ2) is 6.25. The van der Waals surface area contributed by atoms with E-state index in [9.17, 15) is 4.79 Å². The van der Waals surface area contributed by atoms with Crippen LogP contribution < -0.4 is 10.6 Å². The Kier molecular flexibility index (Phi) is 4.99. The van der Waals surface area contributed by atoms with Crippen molar-refractivity contribution in [2.45, 2.75) is 76.9 Å². The molecule has 0 aromatic rings. The topological polar surface area (TPSA) is 50.4 Å². The van der Waals surface area contributed by atoms with Crippen molar-refractivity contribution in [3.63, 3.8) is 0 Å². The number of hydrogen-bond acceptors (Lipinski definition) is 4. The minimum atomic E-state index is -0.0610. The van der Waals surface area contributed by atoms with Crippen LogP contribution >= 0.6 is 0 Å². The molecule has 21 heavy (non-hydrogen) atoms. The molecule has 2 saturated heterocycles. The van der Waals surface area contributed by atoms with Crippen LogP contribution in [0.2, 0.25) is 0 Å². The largest absolute Gasteiger partial charge is 0.469 e. The van der Waals surface area contributed by atoms with Gasteiger partial charge in [-0.15, -0.1) is 0 Å². The molecule has 0 bridgehead atoms. The van der Waals surface area contributed by atoms with E-state index in [2.05, 4.69) is 38.3 Å². The van der Waals surface area contributed by atoms with Gasteiger partial charge in [-0.05, 0) is 65.7 Å². The summed E-state index contributed by atoms with van der Waals surface area (Å²) in [5, 5.41) is 7.23. The lowest BCUT2D eigenvalue weighted by atomic mass is 9.74. The van der Waals surface area contributed by atoms with Crippen molar-refractivity contribution in [3.8, 4) is 0 Å². The molecule has 2 heterocycles. The molecule has 2 atom stereocenters. The maximum Gasteiger partial charge on any atom is 0.310 e. The van der Waals surface area contributed by atoms with Crippen LogP contribution in [0.4, 0.5) is 0 Å². The molecule has 0 aromatic heterocycles. The van der Waals surface area contributed by atoms with E-state index >= 15 is 0 Å². The molecule has 0 aromatic carbocycles. The highest BCUT2D eigenvalue weighted by molar-refractivity contribution is 5.73. The van der Waals surface area contributed by atoms with Gasteiger partial charge in [0, 0.05) is 23.7 Å². The molecule has 4 nitrogen and oxygen atoms in total. The molecule has 2 rings (SSSR count). The van der Waals surface area contributed by atoms with Crippen molar-refractivity contribution in [1.82, 2.24) is 10.6 Å². The third kappa shape index (κ3) is 4.68. The van der Waals surface area contributed by atoms with Gasteiger partial charge >= 0.3 is 5.97 Å². The number of esters is 1. The Morgan fingerprint density at radius 2 is 1.76 bits per heavy atom. The first-order chi connectivity index (χ1) is 9.71. The molecule has 0 spiro atoms. The maximum atomic E-state index is 11.6. The molecule has 0 aliphatic carbocycles. The fourth-order valence-electron chi connectivity index (χ4n) is 4.56. The molecule has 2 aliphatic heterocycles. The molecule has 0 saturated carbocycles. The van der Waals surface area contributed by atoms with Gasteiger partial charge in [0.15, 0.2) is 0 Å². The van der Waals surface area contributed by atoms with Crippen molar-refractivity contribution >= 4 is 5.97 Å². The Morgan fingerprint density at radius 1 is 1.14 bits per heavy atom. The fourth-order valence-corrected chi connectivity index (χ4v) is 4.56. The number of hydrogen-bond donors (Lipinski definition) is 2. The van der Waals surface area contributed by atoms with E-state index < -0.39 is 0 Å². The van der Waals surface area contributed by atoms with Gasteiger partial charge in [0.05, 0.1) is 13.0 Å². The van der Waals surface area contributed by atoms with E-state index in [1.807, 2.05) is 0 Å². The molecule has 2 N–H and O–H groups in total. The normalized spacial score (nSPS) is 32.0. The van der Waals surface area contributed by atoms with Gasteiger partial charge in [-0.1, -0.05) is 0 Å². The molecule has 4 heteroatoms. The predicted molar refractivity (Wildman–Crippen MR) is 85.2 cm³/mol. The van der Waals surface area contributed by atoms with E-state index in [4.69, 9.17) is 4.74 Å². The van der Waals surface area contributed by atoms with E-state index in [1.165, 1.54) is 32.8 Å². The van der Waals surface area contributed by atoms with Gasteiger partial charge in [-0.2, -0.15) is 0 Å². The Labute approximate surface area is 129 Å². The summed E-state index contributed by atoms with van der Waals surface area (Å²) < 4.78 is 4.84. The number of carbonyl (C=O) groups excluding carboxylic acids is 1. The summed E-state index contributed by atoms with van der Waals surface area (Å²) in [6, 6.07) is 0.482. The average Bonchev–Trinajstić information content (AvgIpc) is 2.80. The van der Waals surface area contributed by atoms with Crippen molar-refractivity contribution in [3.05, 3.63) is 0 Å². The predicted octanol–water partition coefficient (Wildman–Crippen LogP) is 2.47. The molecule has 122 valence electrons. The zero-order valence-corrected chi connectivity index (χ0v) is 14.3. The van der Waals surface area contributed by atoms with Gasteiger partial charge in [-0.25, -0.2) is 0 Å². The van der Waals surface area contributed by atoms with Gasteiger partial charge in [0.2, 0.25) is 0 Å². The number of methoxy groups -OCH3 is 1. The lowest BCUT2D eigenvalue weighted by Crippen LogP contribution is -2.57. The van der Waals surface area contributed by atoms with E-state index in [0.29, 0.717) is 6.04 Å². The highest BCUT2D eigenvalue weighted by Crippen LogP contribution is 2.36. The average molecular weight is 296 g/mol. The van der Waals surface area contributed by atoms with Crippen LogP contribution in [0.3, 0.4) is 0 Å². The monoisotopic (exact) mass is 296 g/mol. The quantitative estimate of drug-likeness (QED) is 0.783. The number of piperidine rings is 1. The number of ether oxygens (including phenoxy) is 1. The van der Waals surface area contributed by atoms with Crippen LogP contribution in [-0.4, -0.2) is 36.7 Å². The Balaban J connectivity index is 1.80. The summed E-state index contributed by atoms with van der Waals surface area (Å²) in [4.78, 5) is 11.6. The summed E-state index contributed by atoms with van der Waals surface area (Å²) in [6.45, 7) is 10.0. The molecule has 0 amide bonds. The number of rotatable bonds is 4. The third-order valence-electron chi connectivity index (χ3n) is 4.95. The van der Waals surface area contributed by atoms with E-state index in [1.54, 1.807) is 0 Å². The highest BCUT2D eigenvalue weighted by Gasteiger charge is 2.38. The summed E-state index contributed by atoms with van der Waals surface area (Å²) in [6.07, 6.45) is 5.84. The standard InChI is InChI=1S/C17H32N2O2/c1-16(2)9-12(10-17(3,4)19-16)6-7-14-8-13(11-18-14)15(20)21-5/h12-14,18-19H,6-11H2,1-5H3. The number of carbonyl (C=O) groups is 1. The maximum absolute atomic E-state index is 11.6. The molecular weight excluding hydrogens is 264 g/mol. The van der Waals surface area contributed by atoms with Gasteiger partial charge in [0.25, 0.3) is 0 Å².